The molecule has 0 aromatic heterocycles. The smallest absolute Gasteiger partial charge is 0.193 e. The van der Waals surface area contributed by atoms with Gasteiger partial charge in [0.1, 0.15) is 0 Å². The van der Waals surface area contributed by atoms with Gasteiger partial charge in [0.2, 0.25) is 0 Å². The Bertz CT molecular complexity index is 608. The lowest BCUT2D eigenvalue weighted by Gasteiger charge is -2.11. The molecule has 0 spiro atoms. The lowest BCUT2D eigenvalue weighted by Crippen LogP contribution is -2.08. The van der Waals surface area contributed by atoms with Crippen molar-refractivity contribution in [1.29, 1.82) is 0 Å². The Labute approximate surface area is 107 Å². The van der Waals surface area contributed by atoms with E-state index >= 15 is 0 Å². The Morgan fingerprint density at radius 3 is 2.50 bits per heavy atom. The summed E-state index contributed by atoms with van der Waals surface area (Å²) >= 11 is 0. The minimum absolute atomic E-state index is 0.118. The first-order valence-electron chi connectivity index (χ1n) is 5.88. The van der Waals surface area contributed by atoms with Crippen LogP contribution in [0.5, 0.6) is 0 Å². The minimum Gasteiger partial charge on any atom is -0.289 e. The molecule has 2 rings (SSSR count). The summed E-state index contributed by atoms with van der Waals surface area (Å²) in [6.45, 7) is 7.72. The van der Waals surface area contributed by atoms with Crippen LogP contribution in [0.1, 0.15) is 12.8 Å². The van der Waals surface area contributed by atoms with Crippen LogP contribution in [0, 0.1) is 0 Å². The van der Waals surface area contributed by atoms with Gasteiger partial charge in [-0.3, -0.25) is 4.79 Å². The van der Waals surface area contributed by atoms with Gasteiger partial charge in [0.05, 0.1) is 0 Å². The van der Waals surface area contributed by atoms with Crippen molar-refractivity contribution in [1.82, 2.24) is 0 Å². The third-order valence-corrected chi connectivity index (χ3v) is 2.90. The van der Waals surface area contributed by atoms with Gasteiger partial charge in [0, 0.05) is 11.1 Å². The van der Waals surface area contributed by atoms with Crippen molar-refractivity contribution in [2.24, 2.45) is 0 Å². The topological polar surface area (TPSA) is 17.1 Å². The Hall–Kier alpha value is -2.33. The van der Waals surface area contributed by atoms with Gasteiger partial charge in [-0.25, -0.2) is 0 Å². The summed E-state index contributed by atoms with van der Waals surface area (Å²) < 4.78 is 0. The van der Waals surface area contributed by atoms with Crippen LogP contribution in [0.4, 0.5) is 0 Å². The van der Waals surface area contributed by atoms with E-state index in [2.05, 4.69) is 30.7 Å². The first-order valence-corrected chi connectivity index (χ1v) is 5.88. The van der Waals surface area contributed by atoms with Crippen LogP contribution in [0.2, 0.25) is 0 Å². The van der Waals surface area contributed by atoms with E-state index < -0.39 is 0 Å². The molecule has 1 nitrogen and oxygen atoms in total. The van der Waals surface area contributed by atoms with Gasteiger partial charge in [-0.1, -0.05) is 42.8 Å². The Balaban J connectivity index is 2.15. The monoisotopic (exact) mass is 234 g/mol. The Morgan fingerprint density at radius 2 is 1.89 bits per heavy atom. The zero-order chi connectivity index (χ0) is 13.0. The van der Waals surface area contributed by atoms with E-state index in [0.717, 1.165) is 24.0 Å². The number of allylic oxidation sites excluding steroid dienone is 10. The average Bonchev–Trinajstić information content (AvgIpc) is 2.47. The average molecular weight is 234 g/mol. The Kier molecular flexibility index (Phi) is 3.60. The third-order valence-electron chi connectivity index (χ3n) is 2.90. The number of ketones is 1. The molecule has 0 fully saturated rings. The van der Waals surface area contributed by atoms with Crippen molar-refractivity contribution in [3.63, 3.8) is 0 Å². The summed E-state index contributed by atoms with van der Waals surface area (Å²) in [6.07, 6.45) is 13.3. The van der Waals surface area contributed by atoms with E-state index in [-0.39, 0.29) is 5.78 Å². The van der Waals surface area contributed by atoms with Gasteiger partial charge in [0.25, 0.3) is 0 Å². The van der Waals surface area contributed by atoms with Crippen molar-refractivity contribution in [3.8, 4) is 0 Å². The highest BCUT2D eigenvalue weighted by atomic mass is 16.1. The molecule has 0 atom stereocenters. The predicted molar refractivity (Wildman–Crippen MR) is 74.0 cm³/mol. The van der Waals surface area contributed by atoms with E-state index in [4.69, 9.17) is 0 Å². The molecule has 2 aliphatic rings. The molecule has 0 N–H and O–H groups in total. The number of hydrogen-bond donors (Lipinski definition) is 0. The van der Waals surface area contributed by atoms with E-state index in [1.165, 1.54) is 0 Å². The molecular formula is C17H14O. The van der Waals surface area contributed by atoms with Crippen molar-refractivity contribution in [2.75, 3.05) is 0 Å². The predicted octanol–water partition coefficient (Wildman–Crippen LogP) is 3.75. The highest BCUT2D eigenvalue weighted by Crippen LogP contribution is 2.23. The molecule has 88 valence electrons. The fourth-order valence-electron chi connectivity index (χ4n) is 1.82. The lowest BCUT2D eigenvalue weighted by atomic mass is 9.91. The summed E-state index contributed by atoms with van der Waals surface area (Å²) in [6, 6.07) is 0. The molecule has 0 aromatic carbocycles. The largest absolute Gasteiger partial charge is 0.289 e. The van der Waals surface area contributed by atoms with Gasteiger partial charge in [-0.2, -0.15) is 0 Å². The van der Waals surface area contributed by atoms with Gasteiger partial charge in [-0.15, -0.1) is 0 Å². The summed E-state index contributed by atoms with van der Waals surface area (Å²) in [7, 11) is 0. The zero-order valence-corrected chi connectivity index (χ0v) is 10.2. The third kappa shape index (κ3) is 2.49. The fourth-order valence-corrected chi connectivity index (χ4v) is 1.82. The maximum Gasteiger partial charge on any atom is 0.193 e. The summed E-state index contributed by atoms with van der Waals surface area (Å²) in [5.74, 6) is -0.118. The number of hydrogen-bond acceptors (Lipinski definition) is 1. The highest BCUT2D eigenvalue weighted by Gasteiger charge is 2.16. The van der Waals surface area contributed by atoms with Crippen molar-refractivity contribution in [3.05, 3.63) is 83.4 Å². The number of carbonyl (C=O) groups excluding carboxylic acids is 1. The molecule has 18 heavy (non-hydrogen) atoms. The molecule has 1 heteroatoms. The zero-order valence-electron chi connectivity index (χ0n) is 10.2. The van der Waals surface area contributed by atoms with Crippen LogP contribution in [0.15, 0.2) is 83.4 Å². The molecular weight excluding hydrogens is 220 g/mol. The second-order valence-electron chi connectivity index (χ2n) is 4.15. The molecule has 0 aliphatic heterocycles. The van der Waals surface area contributed by atoms with Gasteiger partial charge in [0.15, 0.2) is 5.78 Å². The van der Waals surface area contributed by atoms with E-state index in [1.54, 1.807) is 18.2 Å². The lowest BCUT2D eigenvalue weighted by molar-refractivity contribution is -0.111. The maximum absolute atomic E-state index is 12.2. The van der Waals surface area contributed by atoms with Crippen molar-refractivity contribution < 1.29 is 4.79 Å². The molecule has 0 saturated heterocycles. The first kappa shape index (κ1) is 12.1. The first-order chi connectivity index (χ1) is 8.70. The van der Waals surface area contributed by atoms with Crippen LogP contribution >= 0.6 is 0 Å². The second-order valence-corrected chi connectivity index (χ2v) is 4.15. The minimum atomic E-state index is -0.118. The molecule has 0 heterocycles. The van der Waals surface area contributed by atoms with Crippen LogP contribution in [-0.2, 0) is 4.79 Å². The van der Waals surface area contributed by atoms with Crippen LogP contribution < -0.4 is 0 Å². The summed E-state index contributed by atoms with van der Waals surface area (Å²) in [5, 5.41) is 0. The molecule has 0 amide bonds. The Morgan fingerprint density at radius 1 is 1.11 bits per heavy atom. The SMILES string of the molecule is C=C(C(=O)C(=C)C1=CCCC=C1)C1=CC=C=C=C1. The van der Waals surface area contributed by atoms with Crippen LogP contribution in [-0.4, -0.2) is 5.78 Å². The summed E-state index contributed by atoms with van der Waals surface area (Å²) in [4.78, 5) is 12.2. The molecule has 0 saturated carbocycles. The van der Waals surface area contributed by atoms with Gasteiger partial charge >= 0.3 is 0 Å². The standard InChI is InChI=1S/C17H14O/c1-13(15-9-5-3-6-10-15)17(18)14(2)16-11-7-4-8-12-16/h5,7,9-12H,1-3,6H2. The highest BCUT2D eigenvalue weighted by molar-refractivity contribution is 6.13. The summed E-state index contributed by atoms with van der Waals surface area (Å²) in [5.41, 5.74) is 8.23. The maximum atomic E-state index is 12.2. The molecule has 0 bridgehead atoms. The van der Waals surface area contributed by atoms with Gasteiger partial charge < -0.3 is 0 Å². The van der Waals surface area contributed by atoms with E-state index in [1.807, 2.05) is 12.2 Å². The van der Waals surface area contributed by atoms with E-state index in [9.17, 15) is 4.79 Å². The molecule has 2 aliphatic carbocycles. The number of rotatable bonds is 4. The van der Waals surface area contributed by atoms with Gasteiger partial charge in [-0.05, 0) is 42.2 Å². The second kappa shape index (κ2) is 5.33. The van der Waals surface area contributed by atoms with Crippen LogP contribution in [0.25, 0.3) is 0 Å². The van der Waals surface area contributed by atoms with E-state index in [0.29, 0.717) is 11.1 Å². The fraction of sp³-hybridized carbons (Fsp3) is 0.118. The number of Topliss-reactive ketones (excluding diaryl/α,β-unsaturated/α-hetero) is 1. The van der Waals surface area contributed by atoms with Crippen molar-refractivity contribution in [2.45, 2.75) is 12.8 Å². The quantitative estimate of drug-likeness (QED) is 0.535. The van der Waals surface area contributed by atoms with Crippen LogP contribution in [0.3, 0.4) is 0 Å². The number of carbonyl (C=O) groups is 1. The molecule has 0 radical (unpaired) electrons. The van der Waals surface area contributed by atoms with Crippen molar-refractivity contribution >= 4 is 5.78 Å². The molecule has 0 aromatic rings. The molecule has 0 unspecified atom stereocenters. The normalized spacial score (nSPS) is 16.2.